The molecule has 1 N–H and O–H groups in total. The fourth-order valence-electron chi connectivity index (χ4n) is 3.29. The minimum atomic E-state index is -1.27. The standard InChI is InChI=1S/C15H15NO5/c1-15(14(19)20-2)10-9(12(17)21-13(10)18)11(16-15)8-6-4-3-5-7-8/h3-7,9-11,16H,1-2H3/t9-,10-,11-,15-/m0/s1. The summed E-state index contributed by atoms with van der Waals surface area (Å²) in [7, 11) is 1.25. The lowest BCUT2D eigenvalue weighted by Gasteiger charge is -2.26. The number of fused-ring (bicyclic) bond motifs is 1. The Labute approximate surface area is 121 Å². The van der Waals surface area contributed by atoms with Crippen molar-refractivity contribution >= 4 is 17.9 Å². The molecule has 0 aliphatic carbocycles. The highest BCUT2D eigenvalue weighted by Gasteiger charge is 2.66. The third kappa shape index (κ3) is 1.86. The fourth-order valence-corrected chi connectivity index (χ4v) is 3.29. The lowest BCUT2D eigenvalue weighted by atomic mass is 9.80. The number of ether oxygens (including phenoxy) is 2. The van der Waals surface area contributed by atoms with Gasteiger partial charge in [0, 0.05) is 6.04 Å². The van der Waals surface area contributed by atoms with E-state index in [0.29, 0.717) is 0 Å². The van der Waals surface area contributed by atoms with Crippen molar-refractivity contribution < 1.29 is 23.9 Å². The molecule has 2 aliphatic rings. The maximum Gasteiger partial charge on any atom is 0.326 e. The number of nitrogens with one attached hydrogen (secondary N) is 1. The summed E-state index contributed by atoms with van der Waals surface area (Å²) in [4.78, 5) is 36.1. The van der Waals surface area contributed by atoms with Crippen molar-refractivity contribution in [1.82, 2.24) is 5.32 Å². The summed E-state index contributed by atoms with van der Waals surface area (Å²) in [6, 6.07) is 8.75. The van der Waals surface area contributed by atoms with Gasteiger partial charge in [0.15, 0.2) is 0 Å². The maximum absolute atomic E-state index is 12.1. The van der Waals surface area contributed by atoms with Gasteiger partial charge >= 0.3 is 17.9 Å². The van der Waals surface area contributed by atoms with Gasteiger partial charge in [-0.2, -0.15) is 0 Å². The van der Waals surface area contributed by atoms with Crippen molar-refractivity contribution in [1.29, 1.82) is 0 Å². The van der Waals surface area contributed by atoms with Gasteiger partial charge < -0.3 is 9.47 Å². The highest BCUT2D eigenvalue weighted by molar-refractivity contribution is 6.02. The summed E-state index contributed by atoms with van der Waals surface area (Å²) in [6.45, 7) is 1.57. The topological polar surface area (TPSA) is 81.7 Å². The van der Waals surface area contributed by atoms with E-state index in [1.807, 2.05) is 30.3 Å². The van der Waals surface area contributed by atoms with E-state index in [0.717, 1.165) is 5.56 Å². The number of hydrogen-bond donors (Lipinski definition) is 1. The maximum atomic E-state index is 12.1. The zero-order chi connectivity index (χ0) is 15.2. The molecule has 0 unspecified atom stereocenters. The van der Waals surface area contributed by atoms with Crippen molar-refractivity contribution in [3.63, 3.8) is 0 Å². The smallest absolute Gasteiger partial charge is 0.326 e. The van der Waals surface area contributed by atoms with Crippen LogP contribution in [-0.2, 0) is 23.9 Å². The van der Waals surface area contributed by atoms with E-state index in [2.05, 4.69) is 5.32 Å². The molecule has 4 atom stereocenters. The SMILES string of the molecule is COC(=O)[C@@]1(C)N[C@@H](c2ccccc2)[C@H]2C(=O)OC(=O)[C@H]21. The molecule has 1 aromatic carbocycles. The molecule has 110 valence electrons. The number of cyclic esters (lactones) is 2. The molecule has 0 spiro atoms. The third-order valence-electron chi connectivity index (χ3n) is 4.29. The minimum Gasteiger partial charge on any atom is -0.468 e. The van der Waals surface area contributed by atoms with Gasteiger partial charge in [-0.25, -0.2) is 0 Å². The molecule has 0 saturated carbocycles. The Hall–Kier alpha value is -2.21. The highest BCUT2D eigenvalue weighted by atomic mass is 16.6. The molecule has 3 rings (SSSR count). The number of methoxy groups -OCH3 is 1. The number of benzene rings is 1. The van der Waals surface area contributed by atoms with E-state index in [4.69, 9.17) is 9.47 Å². The molecular weight excluding hydrogens is 274 g/mol. The first kappa shape index (κ1) is 13.8. The summed E-state index contributed by atoms with van der Waals surface area (Å²) < 4.78 is 9.54. The van der Waals surface area contributed by atoms with Crippen molar-refractivity contribution in [3.05, 3.63) is 35.9 Å². The van der Waals surface area contributed by atoms with E-state index in [1.54, 1.807) is 6.92 Å². The molecule has 2 fully saturated rings. The quantitative estimate of drug-likeness (QED) is 0.633. The van der Waals surface area contributed by atoms with Gasteiger partial charge in [-0.3, -0.25) is 19.7 Å². The van der Waals surface area contributed by atoms with Gasteiger partial charge in [0.1, 0.15) is 11.5 Å². The first-order valence-corrected chi connectivity index (χ1v) is 6.65. The van der Waals surface area contributed by atoms with Crippen LogP contribution < -0.4 is 5.32 Å². The van der Waals surface area contributed by atoms with Gasteiger partial charge in [0.2, 0.25) is 0 Å². The lowest BCUT2D eigenvalue weighted by molar-refractivity contribution is -0.159. The molecule has 0 amide bonds. The average Bonchev–Trinajstić information content (AvgIpc) is 2.97. The minimum absolute atomic E-state index is 0.459. The van der Waals surface area contributed by atoms with Crippen LogP contribution in [0.4, 0.5) is 0 Å². The Balaban J connectivity index is 2.07. The summed E-state index contributed by atoms with van der Waals surface area (Å²) >= 11 is 0. The van der Waals surface area contributed by atoms with Crippen LogP contribution >= 0.6 is 0 Å². The first-order chi connectivity index (χ1) is 9.99. The van der Waals surface area contributed by atoms with Crippen LogP contribution in [0.5, 0.6) is 0 Å². The van der Waals surface area contributed by atoms with Crippen molar-refractivity contribution in [2.24, 2.45) is 11.8 Å². The van der Waals surface area contributed by atoms with Crippen LogP contribution in [0.15, 0.2) is 30.3 Å². The monoisotopic (exact) mass is 289 g/mol. The molecule has 0 aromatic heterocycles. The molecule has 6 heteroatoms. The van der Waals surface area contributed by atoms with E-state index < -0.39 is 41.3 Å². The number of carbonyl (C=O) groups excluding carboxylic acids is 3. The number of hydrogen-bond acceptors (Lipinski definition) is 6. The lowest BCUT2D eigenvalue weighted by Crippen LogP contribution is -2.52. The number of carbonyl (C=O) groups is 3. The largest absolute Gasteiger partial charge is 0.468 e. The first-order valence-electron chi connectivity index (χ1n) is 6.65. The highest BCUT2D eigenvalue weighted by Crippen LogP contribution is 2.47. The van der Waals surface area contributed by atoms with Gasteiger partial charge in [-0.15, -0.1) is 0 Å². The van der Waals surface area contributed by atoms with Crippen molar-refractivity contribution in [2.45, 2.75) is 18.5 Å². The predicted octanol–water partition coefficient (Wildman–Crippen LogP) is 0.578. The van der Waals surface area contributed by atoms with Crippen LogP contribution in [0.2, 0.25) is 0 Å². The van der Waals surface area contributed by atoms with Gasteiger partial charge in [-0.05, 0) is 12.5 Å². The molecule has 1 aromatic rings. The van der Waals surface area contributed by atoms with Crippen LogP contribution in [0, 0.1) is 11.8 Å². The fraction of sp³-hybridized carbons (Fsp3) is 0.400. The molecule has 0 bridgehead atoms. The molecular formula is C15H15NO5. The second kappa shape index (κ2) is 4.66. The number of rotatable bonds is 2. The average molecular weight is 289 g/mol. The van der Waals surface area contributed by atoms with Crippen LogP contribution in [0.25, 0.3) is 0 Å². The van der Waals surface area contributed by atoms with Crippen LogP contribution in [0.1, 0.15) is 18.5 Å². The van der Waals surface area contributed by atoms with Gasteiger partial charge in [-0.1, -0.05) is 30.3 Å². The van der Waals surface area contributed by atoms with Crippen LogP contribution in [0.3, 0.4) is 0 Å². The molecule has 2 saturated heterocycles. The molecule has 2 aliphatic heterocycles. The summed E-state index contributed by atoms with van der Waals surface area (Å²) in [6.07, 6.45) is 0. The van der Waals surface area contributed by atoms with E-state index >= 15 is 0 Å². The molecule has 6 nitrogen and oxygen atoms in total. The zero-order valence-corrected chi connectivity index (χ0v) is 11.7. The summed E-state index contributed by atoms with van der Waals surface area (Å²) in [5, 5.41) is 3.10. The Morgan fingerprint density at radius 3 is 2.52 bits per heavy atom. The normalized spacial score (nSPS) is 34.5. The molecule has 2 heterocycles. The van der Waals surface area contributed by atoms with E-state index in [9.17, 15) is 14.4 Å². The van der Waals surface area contributed by atoms with Crippen molar-refractivity contribution in [2.75, 3.05) is 7.11 Å². The van der Waals surface area contributed by atoms with Crippen molar-refractivity contribution in [3.8, 4) is 0 Å². The molecule has 0 radical (unpaired) electrons. The number of esters is 3. The molecule has 21 heavy (non-hydrogen) atoms. The van der Waals surface area contributed by atoms with Gasteiger partial charge in [0.05, 0.1) is 13.0 Å². The van der Waals surface area contributed by atoms with E-state index in [-0.39, 0.29) is 0 Å². The third-order valence-corrected chi connectivity index (χ3v) is 4.29. The van der Waals surface area contributed by atoms with E-state index in [1.165, 1.54) is 7.11 Å². The predicted molar refractivity (Wildman–Crippen MR) is 70.8 cm³/mol. The van der Waals surface area contributed by atoms with Gasteiger partial charge in [0.25, 0.3) is 0 Å². The zero-order valence-electron chi connectivity index (χ0n) is 11.7. The Morgan fingerprint density at radius 1 is 1.24 bits per heavy atom. The Kier molecular flexibility index (Phi) is 3.06. The second-order valence-electron chi connectivity index (χ2n) is 5.47. The Morgan fingerprint density at radius 2 is 1.90 bits per heavy atom. The van der Waals surface area contributed by atoms with Crippen LogP contribution in [-0.4, -0.2) is 30.6 Å². The summed E-state index contributed by atoms with van der Waals surface area (Å²) in [5.74, 6) is -3.45. The summed E-state index contributed by atoms with van der Waals surface area (Å²) in [5.41, 5.74) is -0.449. The second-order valence-corrected chi connectivity index (χ2v) is 5.47. The Bertz CT molecular complexity index is 614.